The largest absolute Gasteiger partial charge is 0.305 e. The first-order valence-corrected chi connectivity index (χ1v) is 17.8. The second-order valence-electron chi connectivity index (χ2n) is 13.8. The molecule has 52 heavy (non-hydrogen) atoms. The second-order valence-corrected chi connectivity index (χ2v) is 13.8. The van der Waals surface area contributed by atoms with E-state index in [0.717, 1.165) is 39.1 Å². The Morgan fingerprint density at radius 3 is 1.38 bits per heavy atom. The van der Waals surface area contributed by atoms with Gasteiger partial charge in [-0.1, -0.05) is 127 Å². The number of nitrogens with zero attached hydrogens (tertiary/aromatic N) is 4. The van der Waals surface area contributed by atoms with Gasteiger partial charge in [-0.2, -0.15) is 0 Å². The Bertz CT molecular complexity index is 3350. The van der Waals surface area contributed by atoms with Crippen LogP contribution in [0, 0.1) is 0 Å². The molecule has 0 aliphatic heterocycles. The third-order valence-corrected chi connectivity index (χ3v) is 11.0. The molecule has 0 aliphatic rings. The fourth-order valence-electron chi connectivity index (χ4n) is 8.79. The number of para-hydroxylation sites is 5. The van der Waals surface area contributed by atoms with Crippen molar-refractivity contribution in [2.45, 2.75) is 0 Å². The Kier molecular flexibility index (Phi) is 5.47. The van der Waals surface area contributed by atoms with E-state index in [4.69, 9.17) is 9.97 Å². The van der Waals surface area contributed by atoms with E-state index in [2.05, 4.69) is 148 Å². The molecule has 0 N–H and O–H groups in total. The van der Waals surface area contributed by atoms with Crippen molar-refractivity contribution >= 4 is 76.5 Å². The molecule has 0 amide bonds. The fourth-order valence-corrected chi connectivity index (χ4v) is 8.79. The highest BCUT2D eigenvalue weighted by molar-refractivity contribution is 6.37. The number of benzene rings is 8. The summed E-state index contributed by atoms with van der Waals surface area (Å²) in [6.45, 7) is 0. The highest BCUT2D eigenvalue weighted by atomic mass is 15.0. The van der Waals surface area contributed by atoms with Gasteiger partial charge in [0.15, 0.2) is 0 Å². The molecule has 0 bridgehead atoms. The lowest BCUT2D eigenvalue weighted by atomic mass is 9.96. The lowest BCUT2D eigenvalue weighted by Crippen LogP contribution is -1.97. The standard InChI is InChI=1S/C48H28N4/c1-2-12-30(13-3-1)45-46(50-38-18-8-7-17-37(38)49-45)31-24-22-29(23-25-31)32-26-27-40-36(28-32)44-34-15-5-4-14-33(34)43-35-16-6-9-19-39(35)51-41-20-10-11-21-42(41)52(40)48(44)47(43)51/h1-28H. The summed E-state index contributed by atoms with van der Waals surface area (Å²) in [4.78, 5) is 10.2. The molecule has 0 aliphatic carbocycles. The van der Waals surface area contributed by atoms with Gasteiger partial charge in [0.2, 0.25) is 0 Å². The van der Waals surface area contributed by atoms with Crippen LogP contribution in [-0.2, 0) is 0 Å². The topological polar surface area (TPSA) is 34.6 Å². The third kappa shape index (κ3) is 3.65. The highest BCUT2D eigenvalue weighted by Gasteiger charge is 2.25. The summed E-state index contributed by atoms with van der Waals surface area (Å²) >= 11 is 0. The van der Waals surface area contributed by atoms with Gasteiger partial charge in [0, 0.05) is 32.7 Å². The van der Waals surface area contributed by atoms with Crippen molar-refractivity contribution in [3.8, 4) is 33.6 Å². The Morgan fingerprint density at radius 1 is 0.308 bits per heavy atom. The Hall–Kier alpha value is -7.04. The molecular weight excluding hydrogens is 633 g/mol. The Morgan fingerprint density at radius 2 is 0.750 bits per heavy atom. The number of fused-ring (bicyclic) bond motifs is 13. The first kappa shape index (κ1) is 27.7. The van der Waals surface area contributed by atoms with Crippen LogP contribution >= 0.6 is 0 Å². The van der Waals surface area contributed by atoms with Crippen molar-refractivity contribution < 1.29 is 0 Å². The summed E-state index contributed by atoms with van der Waals surface area (Å²) in [6, 6.07) is 60.9. The minimum atomic E-state index is 0.887. The number of aromatic nitrogens is 4. The SMILES string of the molecule is c1ccc(-c2nc3ccccc3nc2-c2ccc(-c3ccc4c(c3)c3c5ccccc5c5c6ccccc6n6c7ccccc7n4c3c56)cc2)cc1. The van der Waals surface area contributed by atoms with Gasteiger partial charge in [-0.15, -0.1) is 0 Å². The van der Waals surface area contributed by atoms with Crippen LogP contribution < -0.4 is 0 Å². The molecule has 0 saturated heterocycles. The maximum Gasteiger partial charge on any atom is 0.0973 e. The summed E-state index contributed by atoms with van der Waals surface area (Å²) in [5.74, 6) is 0. The molecule has 4 heteroatoms. The van der Waals surface area contributed by atoms with Gasteiger partial charge < -0.3 is 8.80 Å². The molecule has 0 unspecified atom stereocenters. The van der Waals surface area contributed by atoms with Crippen molar-refractivity contribution in [3.63, 3.8) is 0 Å². The molecule has 4 heterocycles. The molecule has 12 aromatic rings. The third-order valence-electron chi connectivity index (χ3n) is 11.0. The van der Waals surface area contributed by atoms with E-state index in [9.17, 15) is 0 Å². The quantitative estimate of drug-likeness (QED) is 0.177. The van der Waals surface area contributed by atoms with Crippen LogP contribution in [0.3, 0.4) is 0 Å². The van der Waals surface area contributed by atoms with E-state index in [0.29, 0.717) is 0 Å². The van der Waals surface area contributed by atoms with Gasteiger partial charge in [-0.05, 0) is 64.4 Å². The Labute approximate surface area is 297 Å². The van der Waals surface area contributed by atoms with Gasteiger partial charge in [0.1, 0.15) is 0 Å². The summed E-state index contributed by atoms with van der Waals surface area (Å²) < 4.78 is 5.00. The van der Waals surface area contributed by atoms with Crippen molar-refractivity contribution in [1.29, 1.82) is 0 Å². The first-order valence-electron chi connectivity index (χ1n) is 17.8. The molecule has 0 spiro atoms. The molecule has 4 nitrogen and oxygen atoms in total. The predicted octanol–water partition coefficient (Wildman–Crippen LogP) is 12.3. The maximum atomic E-state index is 5.14. The molecule has 0 radical (unpaired) electrons. The Balaban J connectivity index is 1.11. The zero-order valence-corrected chi connectivity index (χ0v) is 28.0. The van der Waals surface area contributed by atoms with Crippen LogP contribution in [0.4, 0.5) is 0 Å². The van der Waals surface area contributed by atoms with Gasteiger partial charge in [-0.3, -0.25) is 0 Å². The van der Waals surface area contributed by atoms with Crippen molar-refractivity contribution in [3.05, 3.63) is 170 Å². The number of hydrogen-bond donors (Lipinski definition) is 0. The zero-order valence-electron chi connectivity index (χ0n) is 28.0. The molecule has 0 fully saturated rings. The van der Waals surface area contributed by atoms with E-state index in [1.807, 2.05) is 30.3 Å². The minimum Gasteiger partial charge on any atom is -0.305 e. The summed E-state index contributed by atoms with van der Waals surface area (Å²) in [7, 11) is 0. The van der Waals surface area contributed by atoms with E-state index >= 15 is 0 Å². The zero-order chi connectivity index (χ0) is 33.9. The number of rotatable bonds is 3. The lowest BCUT2D eigenvalue weighted by molar-refractivity contribution is 1.26. The molecule has 0 saturated carbocycles. The molecule has 240 valence electrons. The molecular formula is C48H28N4. The summed E-state index contributed by atoms with van der Waals surface area (Å²) in [5, 5.41) is 7.74. The van der Waals surface area contributed by atoms with Gasteiger partial charge in [-0.25, -0.2) is 9.97 Å². The molecule has 8 aromatic carbocycles. The van der Waals surface area contributed by atoms with Gasteiger partial charge >= 0.3 is 0 Å². The average molecular weight is 661 g/mol. The van der Waals surface area contributed by atoms with Crippen LogP contribution in [0.25, 0.3) is 110 Å². The van der Waals surface area contributed by atoms with Crippen LogP contribution in [0.15, 0.2) is 170 Å². The second kappa shape index (κ2) is 10.3. The van der Waals surface area contributed by atoms with Crippen LogP contribution in [-0.4, -0.2) is 18.8 Å². The molecule has 0 atom stereocenters. The van der Waals surface area contributed by atoms with Gasteiger partial charge in [0.05, 0.1) is 55.5 Å². The summed E-state index contributed by atoms with van der Waals surface area (Å²) in [6.07, 6.45) is 0. The van der Waals surface area contributed by atoms with E-state index in [-0.39, 0.29) is 0 Å². The number of hydrogen-bond acceptors (Lipinski definition) is 2. The monoisotopic (exact) mass is 660 g/mol. The van der Waals surface area contributed by atoms with Crippen LogP contribution in [0.5, 0.6) is 0 Å². The average Bonchev–Trinajstić information content (AvgIpc) is 3.75. The molecule has 4 aromatic heterocycles. The summed E-state index contributed by atoms with van der Waals surface area (Å²) in [5.41, 5.74) is 15.4. The highest BCUT2D eigenvalue weighted by Crippen LogP contribution is 2.47. The minimum absolute atomic E-state index is 0.887. The van der Waals surface area contributed by atoms with E-state index in [1.165, 1.54) is 71.0 Å². The van der Waals surface area contributed by atoms with Gasteiger partial charge in [0.25, 0.3) is 0 Å². The molecule has 12 rings (SSSR count). The fraction of sp³-hybridized carbons (Fsp3) is 0. The van der Waals surface area contributed by atoms with Crippen molar-refractivity contribution in [1.82, 2.24) is 18.8 Å². The van der Waals surface area contributed by atoms with Crippen LogP contribution in [0.2, 0.25) is 0 Å². The first-order chi connectivity index (χ1) is 25.8. The van der Waals surface area contributed by atoms with Crippen molar-refractivity contribution in [2.75, 3.05) is 0 Å². The van der Waals surface area contributed by atoms with Crippen molar-refractivity contribution in [2.24, 2.45) is 0 Å². The smallest absolute Gasteiger partial charge is 0.0973 e. The van der Waals surface area contributed by atoms with Crippen LogP contribution in [0.1, 0.15) is 0 Å². The predicted molar refractivity (Wildman–Crippen MR) is 216 cm³/mol. The maximum absolute atomic E-state index is 5.14. The van der Waals surface area contributed by atoms with E-state index in [1.54, 1.807) is 0 Å². The normalized spacial score (nSPS) is 12.2. The lowest BCUT2D eigenvalue weighted by Gasteiger charge is -2.12. The van der Waals surface area contributed by atoms with E-state index < -0.39 is 0 Å².